The SMILES string of the molecule is CC1(C)CNc2cc(-n3cc(-c4ccc5c(c4)CCNC5=O)c([N+](=O)[O-])n3)ccc2O1. The first-order valence-electron chi connectivity index (χ1n) is 10.0. The first-order chi connectivity index (χ1) is 14.8. The molecule has 0 spiro atoms. The second-order valence-corrected chi connectivity index (χ2v) is 8.34. The van der Waals surface area contributed by atoms with Crippen molar-refractivity contribution in [3.8, 4) is 22.6 Å². The highest BCUT2D eigenvalue weighted by Crippen LogP contribution is 2.36. The van der Waals surface area contributed by atoms with Crippen molar-refractivity contribution < 1.29 is 14.5 Å². The zero-order chi connectivity index (χ0) is 21.8. The molecule has 0 fully saturated rings. The van der Waals surface area contributed by atoms with Crippen LogP contribution in [0.3, 0.4) is 0 Å². The molecule has 9 nitrogen and oxygen atoms in total. The Kier molecular flexibility index (Phi) is 4.21. The minimum Gasteiger partial charge on any atom is -0.484 e. The third-order valence-corrected chi connectivity index (χ3v) is 5.53. The van der Waals surface area contributed by atoms with Crippen molar-refractivity contribution in [1.82, 2.24) is 15.1 Å². The fraction of sp³-hybridized carbons (Fsp3) is 0.273. The Hall–Kier alpha value is -3.88. The van der Waals surface area contributed by atoms with Gasteiger partial charge in [-0.25, -0.2) is 0 Å². The molecular formula is C22H21N5O4. The van der Waals surface area contributed by atoms with Crippen LogP contribution >= 0.6 is 0 Å². The highest BCUT2D eigenvalue weighted by Gasteiger charge is 2.28. The van der Waals surface area contributed by atoms with Crippen molar-refractivity contribution in [2.75, 3.05) is 18.4 Å². The van der Waals surface area contributed by atoms with Gasteiger partial charge in [0, 0.05) is 12.1 Å². The first-order valence-corrected chi connectivity index (χ1v) is 10.0. The zero-order valence-electron chi connectivity index (χ0n) is 17.1. The normalized spacial score (nSPS) is 16.4. The summed E-state index contributed by atoms with van der Waals surface area (Å²) in [6.07, 6.45) is 2.34. The van der Waals surface area contributed by atoms with Crippen molar-refractivity contribution in [3.63, 3.8) is 0 Å². The van der Waals surface area contributed by atoms with E-state index in [9.17, 15) is 14.9 Å². The second-order valence-electron chi connectivity index (χ2n) is 8.34. The molecule has 0 atom stereocenters. The number of hydrogen-bond acceptors (Lipinski definition) is 6. The third-order valence-electron chi connectivity index (χ3n) is 5.53. The molecule has 5 rings (SSSR count). The van der Waals surface area contributed by atoms with Crippen LogP contribution in [0.1, 0.15) is 29.8 Å². The summed E-state index contributed by atoms with van der Waals surface area (Å²) >= 11 is 0. The number of nitrogens with one attached hydrogen (secondary N) is 2. The molecule has 0 bridgehead atoms. The number of rotatable bonds is 3. The minimum atomic E-state index is -0.486. The maximum Gasteiger partial charge on any atom is 0.398 e. The average molecular weight is 419 g/mol. The van der Waals surface area contributed by atoms with Gasteiger partial charge in [0.15, 0.2) is 0 Å². The molecule has 158 valence electrons. The van der Waals surface area contributed by atoms with Crippen LogP contribution in [0.4, 0.5) is 11.5 Å². The molecule has 0 unspecified atom stereocenters. The predicted octanol–water partition coefficient (Wildman–Crippen LogP) is 3.32. The molecule has 1 amide bonds. The van der Waals surface area contributed by atoms with Crippen LogP contribution in [-0.4, -0.2) is 39.3 Å². The average Bonchev–Trinajstić information content (AvgIpc) is 3.19. The molecule has 2 N–H and O–H groups in total. The number of anilines is 1. The van der Waals surface area contributed by atoms with Crippen molar-refractivity contribution in [1.29, 1.82) is 0 Å². The standard InChI is InChI=1S/C22H21N5O4/c1-22(2)12-24-18-10-15(4-6-19(18)31-22)26-11-17(20(25-26)27(29)30)13-3-5-16-14(9-13)7-8-23-21(16)28/h3-6,9-11,24H,7-8,12H2,1-2H3,(H,23,28). The number of nitrogens with zero attached hydrogens (tertiary/aromatic N) is 3. The van der Waals surface area contributed by atoms with Crippen LogP contribution in [-0.2, 0) is 6.42 Å². The summed E-state index contributed by atoms with van der Waals surface area (Å²) in [7, 11) is 0. The lowest BCUT2D eigenvalue weighted by molar-refractivity contribution is -0.389. The molecule has 2 aromatic carbocycles. The number of ether oxygens (including phenoxy) is 1. The van der Waals surface area contributed by atoms with Gasteiger partial charge in [0.05, 0.1) is 29.2 Å². The van der Waals surface area contributed by atoms with E-state index in [-0.39, 0.29) is 17.3 Å². The van der Waals surface area contributed by atoms with E-state index >= 15 is 0 Å². The molecule has 3 heterocycles. The second kappa shape index (κ2) is 6.83. The number of amides is 1. The molecule has 1 aromatic heterocycles. The number of nitro groups is 1. The summed E-state index contributed by atoms with van der Waals surface area (Å²) in [5, 5.41) is 22.1. The van der Waals surface area contributed by atoms with Crippen molar-refractivity contribution in [2.45, 2.75) is 25.9 Å². The molecule has 2 aliphatic rings. The number of carbonyl (C=O) groups excluding carboxylic acids is 1. The van der Waals surface area contributed by atoms with Crippen molar-refractivity contribution in [2.24, 2.45) is 0 Å². The van der Waals surface area contributed by atoms with Gasteiger partial charge in [-0.2, -0.15) is 0 Å². The minimum absolute atomic E-state index is 0.120. The Morgan fingerprint density at radius 2 is 2.00 bits per heavy atom. The Morgan fingerprint density at radius 1 is 1.16 bits per heavy atom. The molecule has 2 aliphatic heterocycles. The maximum absolute atomic E-state index is 12.0. The summed E-state index contributed by atoms with van der Waals surface area (Å²) in [6, 6.07) is 10.8. The summed E-state index contributed by atoms with van der Waals surface area (Å²) in [5.41, 5.74) is 3.73. The highest BCUT2D eigenvalue weighted by atomic mass is 16.6. The number of fused-ring (bicyclic) bond motifs is 2. The van der Waals surface area contributed by atoms with Gasteiger partial charge < -0.3 is 25.5 Å². The molecule has 0 saturated carbocycles. The smallest absolute Gasteiger partial charge is 0.398 e. The van der Waals surface area contributed by atoms with Gasteiger partial charge in [-0.15, -0.1) is 4.68 Å². The van der Waals surface area contributed by atoms with E-state index in [1.807, 2.05) is 38.1 Å². The largest absolute Gasteiger partial charge is 0.484 e. The van der Waals surface area contributed by atoms with Gasteiger partial charge in [0.2, 0.25) is 0 Å². The number of aromatic nitrogens is 2. The van der Waals surface area contributed by atoms with Crippen LogP contribution in [0.2, 0.25) is 0 Å². The quantitative estimate of drug-likeness (QED) is 0.498. The van der Waals surface area contributed by atoms with E-state index in [1.165, 1.54) is 4.68 Å². The highest BCUT2D eigenvalue weighted by molar-refractivity contribution is 5.97. The van der Waals surface area contributed by atoms with Crippen LogP contribution in [0, 0.1) is 10.1 Å². The van der Waals surface area contributed by atoms with Gasteiger partial charge in [0.1, 0.15) is 16.9 Å². The lowest BCUT2D eigenvalue weighted by Gasteiger charge is -2.33. The van der Waals surface area contributed by atoms with Crippen LogP contribution in [0.25, 0.3) is 16.8 Å². The number of carbonyl (C=O) groups is 1. The summed E-state index contributed by atoms with van der Waals surface area (Å²) in [4.78, 5) is 23.2. The van der Waals surface area contributed by atoms with Gasteiger partial charge >= 0.3 is 5.82 Å². The van der Waals surface area contributed by atoms with Crippen molar-refractivity contribution in [3.05, 3.63) is 63.8 Å². The molecule has 0 saturated heterocycles. The number of hydrogen-bond donors (Lipinski definition) is 2. The lowest BCUT2D eigenvalue weighted by atomic mass is 9.96. The third kappa shape index (κ3) is 3.37. The van der Waals surface area contributed by atoms with Crippen LogP contribution in [0.15, 0.2) is 42.6 Å². The number of benzene rings is 2. The Labute approximate surface area is 178 Å². The van der Waals surface area contributed by atoms with Gasteiger partial charge in [-0.1, -0.05) is 6.07 Å². The molecule has 3 aromatic rings. The molecule has 0 radical (unpaired) electrons. The van der Waals surface area contributed by atoms with Crippen LogP contribution < -0.4 is 15.4 Å². The lowest BCUT2D eigenvalue weighted by Crippen LogP contribution is -2.40. The van der Waals surface area contributed by atoms with E-state index < -0.39 is 4.92 Å². The first kappa shape index (κ1) is 19.1. The Morgan fingerprint density at radius 3 is 2.81 bits per heavy atom. The summed E-state index contributed by atoms with van der Waals surface area (Å²) < 4.78 is 7.48. The molecular weight excluding hydrogens is 398 g/mol. The van der Waals surface area contributed by atoms with Crippen LogP contribution in [0.5, 0.6) is 5.75 Å². The molecule has 0 aliphatic carbocycles. The molecule has 31 heavy (non-hydrogen) atoms. The van der Waals surface area contributed by atoms with Gasteiger partial charge in [-0.3, -0.25) is 4.79 Å². The topological polar surface area (TPSA) is 111 Å². The molecule has 9 heteroatoms. The van der Waals surface area contributed by atoms with Gasteiger partial charge in [-0.05, 0) is 66.7 Å². The summed E-state index contributed by atoms with van der Waals surface area (Å²) in [5.74, 6) is 0.378. The summed E-state index contributed by atoms with van der Waals surface area (Å²) in [6.45, 7) is 5.21. The fourth-order valence-electron chi connectivity index (χ4n) is 3.96. The van der Waals surface area contributed by atoms with E-state index in [1.54, 1.807) is 18.3 Å². The zero-order valence-corrected chi connectivity index (χ0v) is 17.1. The van der Waals surface area contributed by atoms with E-state index in [0.717, 1.165) is 17.0 Å². The van der Waals surface area contributed by atoms with E-state index in [2.05, 4.69) is 15.7 Å². The van der Waals surface area contributed by atoms with Gasteiger partial charge in [0.25, 0.3) is 5.91 Å². The van der Waals surface area contributed by atoms with E-state index in [4.69, 9.17) is 4.74 Å². The Balaban J connectivity index is 1.56. The Bertz CT molecular complexity index is 1230. The maximum atomic E-state index is 12.0. The van der Waals surface area contributed by atoms with E-state index in [0.29, 0.717) is 41.9 Å². The fourth-order valence-corrected chi connectivity index (χ4v) is 3.96. The monoisotopic (exact) mass is 419 g/mol. The predicted molar refractivity (Wildman–Crippen MR) is 115 cm³/mol. The van der Waals surface area contributed by atoms with Crippen molar-refractivity contribution >= 4 is 17.4 Å².